The van der Waals surface area contributed by atoms with Gasteiger partial charge in [-0.15, -0.1) is 0 Å². The zero-order valence-electron chi connectivity index (χ0n) is 16.4. The van der Waals surface area contributed by atoms with Crippen molar-refractivity contribution in [2.45, 2.75) is 32.4 Å². The first-order valence-corrected chi connectivity index (χ1v) is 8.78. The summed E-state index contributed by atoms with van der Waals surface area (Å²) in [5, 5.41) is 5.53. The highest BCUT2D eigenvalue weighted by atomic mass is 16.6. The normalized spacial score (nSPS) is 12.0. The third-order valence-corrected chi connectivity index (χ3v) is 3.69. The Kier molecular flexibility index (Phi) is 6.45. The molecule has 1 unspecified atom stereocenters. The van der Waals surface area contributed by atoms with E-state index in [1.165, 1.54) is 0 Å². The number of alkyl carbamates (subject to hydrolysis) is 1. The lowest BCUT2D eigenvalue weighted by molar-refractivity contribution is -0.118. The van der Waals surface area contributed by atoms with Gasteiger partial charge in [-0.2, -0.15) is 0 Å². The van der Waals surface area contributed by atoms with Crippen molar-refractivity contribution >= 4 is 23.4 Å². The van der Waals surface area contributed by atoms with Gasteiger partial charge in [0.1, 0.15) is 11.6 Å². The fourth-order valence-corrected chi connectivity index (χ4v) is 2.45. The van der Waals surface area contributed by atoms with E-state index in [1.807, 2.05) is 55.4 Å². The zero-order chi connectivity index (χ0) is 20.0. The number of hydrogen-bond acceptors (Lipinski definition) is 4. The maximum atomic E-state index is 12.9. The summed E-state index contributed by atoms with van der Waals surface area (Å²) in [6, 6.07) is 15.7. The molecule has 6 heteroatoms. The monoisotopic (exact) mass is 369 g/mol. The molecule has 2 amide bonds. The van der Waals surface area contributed by atoms with Gasteiger partial charge >= 0.3 is 6.09 Å². The minimum atomic E-state index is -0.871. The second kappa shape index (κ2) is 8.58. The number of anilines is 2. The highest BCUT2D eigenvalue weighted by Crippen LogP contribution is 2.20. The zero-order valence-corrected chi connectivity index (χ0v) is 16.4. The Bertz CT molecular complexity index is 783. The number of carbonyl (C=O) groups excluding carboxylic acids is 2. The van der Waals surface area contributed by atoms with Crippen LogP contribution in [0.1, 0.15) is 32.4 Å². The predicted octanol–water partition coefficient (Wildman–Crippen LogP) is 3.96. The molecule has 0 aromatic heterocycles. The van der Waals surface area contributed by atoms with Crippen molar-refractivity contribution < 1.29 is 14.3 Å². The lowest BCUT2D eigenvalue weighted by atomic mass is 10.1. The minimum absolute atomic E-state index is 0.344. The van der Waals surface area contributed by atoms with Gasteiger partial charge in [-0.3, -0.25) is 4.79 Å². The van der Waals surface area contributed by atoms with Crippen molar-refractivity contribution in [1.29, 1.82) is 0 Å². The summed E-state index contributed by atoms with van der Waals surface area (Å²) in [4.78, 5) is 27.1. The predicted molar refractivity (Wildman–Crippen MR) is 108 cm³/mol. The van der Waals surface area contributed by atoms with Crippen LogP contribution in [0.15, 0.2) is 54.6 Å². The van der Waals surface area contributed by atoms with E-state index < -0.39 is 17.7 Å². The van der Waals surface area contributed by atoms with Crippen molar-refractivity contribution in [3.63, 3.8) is 0 Å². The molecule has 0 saturated heterocycles. The van der Waals surface area contributed by atoms with Gasteiger partial charge < -0.3 is 20.3 Å². The number of amides is 2. The van der Waals surface area contributed by atoms with Crippen molar-refractivity contribution in [3.05, 3.63) is 60.2 Å². The maximum absolute atomic E-state index is 12.9. The van der Waals surface area contributed by atoms with Gasteiger partial charge in [0.2, 0.25) is 0 Å². The van der Waals surface area contributed by atoms with Crippen LogP contribution < -0.4 is 15.5 Å². The van der Waals surface area contributed by atoms with Gasteiger partial charge in [-0.05, 0) is 44.5 Å². The molecule has 2 rings (SSSR count). The molecule has 6 nitrogen and oxygen atoms in total. The van der Waals surface area contributed by atoms with Gasteiger partial charge in [0, 0.05) is 25.5 Å². The molecular weight excluding hydrogens is 342 g/mol. The van der Waals surface area contributed by atoms with E-state index in [1.54, 1.807) is 39.0 Å². The van der Waals surface area contributed by atoms with E-state index in [0.717, 1.165) is 5.69 Å². The molecule has 0 aliphatic carbocycles. The Labute approximate surface area is 160 Å². The van der Waals surface area contributed by atoms with Crippen molar-refractivity contribution in [3.8, 4) is 0 Å². The molecular formula is C21H27N3O3. The largest absolute Gasteiger partial charge is 0.444 e. The Morgan fingerprint density at radius 2 is 1.67 bits per heavy atom. The number of carbonyl (C=O) groups is 2. The number of hydrogen-bond donors (Lipinski definition) is 2. The van der Waals surface area contributed by atoms with Crippen LogP contribution >= 0.6 is 0 Å². The topological polar surface area (TPSA) is 70.7 Å². The number of nitrogens with zero attached hydrogens (tertiary/aromatic N) is 1. The van der Waals surface area contributed by atoms with Gasteiger partial charge in [-0.1, -0.05) is 36.4 Å². The second-order valence-electron chi connectivity index (χ2n) is 7.42. The Hall–Kier alpha value is -3.02. The smallest absolute Gasteiger partial charge is 0.408 e. The standard InChI is InChI=1S/C21H27N3O3/c1-21(2,3)27-20(26)23-18(15-10-7-6-8-11-15)19(25)22-16-12-9-13-17(14-16)24(4)5/h6-14,18H,1-5H3,(H,22,25)(H,23,26). The number of rotatable bonds is 5. The Morgan fingerprint density at radius 3 is 2.26 bits per heavy atom. The first-order valence-electron chi connectivity index (χ1n) is 8.78. The molecule has 144 valence electrons. The third kappa shape index (κ3) is 6.33. The number of benzene rings is 2. The summed E-state index contributed by atoms with van der Waals surface area (Å²) in [6.45, 7) is 5.32. The quantitative estimate of drug-likeness (QED) is 0.837. The minimum Gasteiger partial charge on any atom is -0.444 e. The molecule has 1 atom stereocenters. The lowest BCUT2D eigenvalue weighted by Crippen LogP contribution is -2.40. The molecule has 0 spiro atoms. The first-order chi connectivity index (χ1) is 12.7. The second-order valence-corrected chi connectivity index (χ2v) is 7.42. The van der Waals surface area contributed by atoms with Crippen LogP contribution in [-0.4, -0.2) is 31.7 Å². The van der Waals surface area contributed by atoms with E-state index in [-0.39, 0.29) is 5.91 Å². The van der Waals surface area contributed by atoms with E-state index in [2.05, 4.69) is 10.6 Å². The molecule has 2 N–H and O–H groups in total. The Balaban J connectivity index is 2.21. The first kappa shape index (κ1) is 20.3. The van der Waals surface area contributed by atoms with Crippen LogP contribution in [0.5, 0.6) is 0 Å². The van der Waals surface area contributed by atoms with Gasteiger partial charge in [0.25, 0.3) is 5.91 Å². The summed E-state index contributed by atoms with van der Waals surface area (Å²) in [7, 11) is 3.86. The average Bonchev–Trinajstić information content (AvgIpc) is 2.59. The fraction of sp³-hybridized carbons (Fsp3) is 0.333. The molecule has 27 heavy (non-hydrogen) atoms. The summed E-state index contributed by atoms with van der Waals surface area (Å²) in [5.74, 6) is -0.344. The number of ether oxygens (including phenoxy) is 1. The highest BCUT2D eigenvalue weighted by molar-refractivity contribution is 5.97. The Morgan fingerprint density at radius 1 is 1.00 bits per heavy atom. The molecule has 0 saturated carbocycles. The van der Waals surface area contributed by atoms with E-state index in [0.29, 0.717) is 11.3 Å². The van der Waals surface area contributed by atoms with Crippen LogP contribution in [0.4, 0.5) is 16.2 Å². The van der Waals surface area contributed by atoms with Crippen LogP contribution in [0, 0.1) is 0 Å². The molecule has 0 bridgehead atoms. The van der Waals surface area contributed by atoms with Crippen LogP contribution in [0.3, 0.4) is 0 Å². The SMILES string of the molecule is CN(C)c1cccc(NC(=O)C(NC(=O)OC(C)(C)C)c2ccccc2)c1. The molecule has 0 heterocycles. The highest BCUT2D eigenvalue weighted by Gasteiger charge is 2.26. The van der Waals surface area contributed by atoms with Crippen LogP contribution in [0.2, 0.25) is 0 Å². The summed E-state index contributed by atoms with van der Waals surface area (Å²) in [6.07, 6.45) is -0.645. The van der Waals surface area contributed by atoms with Crippen LogP contribution in [0.25, 0.3) is 0 Å². The summed E-state index contributed by atoms with van der Waals surface area (Å²) < 4.78 is 5.30. The molecule has 0 aliphatic rings. The van der Waals surface area contributed by atoms with Crippen molar-refractivity contribution in [2.24, 2.45) is 0 Å². The van der Waals surface area contributed by atoms with Crippen LogP contribution in [-0.2, 0) is 9.53 Å². The number of nitrogens with one attached hydrogen (secondary N) is 2. The van der Waals surface area contributed by atoms with Crippen molar-refractivity contribution in [1.82, 2.24) is 5.32 Å². The summed E-state index contributed by atoms with van der Waals surface area (Å²) >= 11 is 0. The molecule has 2 aromatic rings. The molecule has 2 aromatic carbocycles. The van der Waals surface area contributed by atoms with Gasteiger partial charge in [0.15, 0.2) is 0 Å². The third-order valence-electron chi connectivity index (χ3n) is 3.69. The van der Waals surface area contributed by atoms with E-state index in [9.17, 15) is 9.59 Å². The molecule has 0 radical (unpaired) electrons. The molecule has 0 aliphatic heterocycles. The average molecular weight is 369 g/mol. The maximum Gasteiger partial charge on any atom is 0.408 e. The van der Waals surface area contributed by atoms with E-state index >= 15 is 0 Å². The van der Waals surface area contributed by atoms with Gasteiger partial charge in [0.05, 0.1) is 0 Å². The van der Waals surface area contributed by atoms with E-state index in [4.69, 9.17) is 4.74 Å². The molecule has 0 fully saturated rings. The summed E-state index contributed by atoms with van der Waals surface area (Å²) in [5.41, 5.74) is 1.63. The van der Waals surface area contributed by atoms with Crippen molar-refractivity contribution in [2.75, 3.05) is 24.3 Å². The van der Waals surface area contributed by atoms with Gasteiger partial charge in [-0.25, -0.2) is 4.79 Å². The fourth-order valence-electron chi connectivity index (χ4n) is 2.45. The lowest BCUT2D eigenvalue weighted by Gasteiger charge is -2.23.